The normalized spacial score (nSPS) is 8.11. The second-order valence-corrected chi connectivity index (χ2v) is 1.16. The molecule has 0 spiro atoms. The van der Waals surface area contributed by atoms with Crippen molar-refractivity contribution in [2.45, 2.75) is 13.3 Å². The van der Waals surface area contributed by atoms with Gasteiger partial charge in [0.15, 0.2) is 0 Å². The number of carbonyl (C=O) groups is 2. The summed E-state index contributed by atoms with van der Waals surface area (Å²) in [6.45, 7) is 1.52. The molecule has 0 atom stereocenters. The van der Waals surface area contributed by atoms with E-state index in [1.54, 1.807) is 0 Å². The molecule has 0 aromatic rings. The Hall–Kier alpha value is -1.26. The second-order valence-electron chi connectivity index (χ2n) is 1.16. The van der Waals surface area contributed by atoms with Crippen LogP contribution in [-0.4, -0.2) is 17.2 Å². The summed E-state index contributed by atoms with van der Waals surface area (Å²) in [7, 11) is 0. The Kier molecular flexibility index (Phi) is 3.19. The van der Waals surface area contributed by atoms with Crippen LogP contribution in [0.3, 0.4) is 0 Å². The van der Waals surface area contributed by atoms with Gasteiger partial charge >= 0.3 is 12.1 Å². The van der Waals surface area contributed by atoms with Gasteiger partial charge in [-0.2, -0.15) is 0 Å². The summed E-state index contributed by atoms with van der Waals surface area (Å²) in [6, 6.07) is 0. The van der Waals surface area contributed by atoms with Crippen molar-refractivity contribution in [1.29, 1.82) is 0 Å². The lowest BCUT2D eigenvalue weighted by Crippen LogP contribution is -2.07. The predicted octanol–water partition coefficient (Wildman–Crippen LogP) is 0.549. The smallest absolute Gasteiger partial charge is 0.447 e. The molecule has 9 heavy (non-hydrogen) atoms. The van der Waals surface area contributed by atoms with Crippen molar-refractivity contribution < 1.29 is 24.5 Å². The lowest BCUT2D eigenvalue weighted by molar-refractivity contribution is -0.240. The molecule has 0 saturated heterocycles. The fraction of sp³-hybridized carbons (Fsp3) is 0.500. The molecule has 0 amide bonds. The van der Waals surface area contributed by atoms with Gasteiger partial charge in [0.2, 0.25) is 0 Å². The summed E-state index contributed by atoms with van der Waals surface area (Å²) in [5, 5.41) is 7.76. The van der Waals surface area contributed by atoms with Crippen molar-refractivity contribution in [3.05, 3.63) is 0 Å². The Bertz CT molecular complexity index is 118. The molecular formula is C4H6O5. The van der Waals surface area contributed by atoms with Crippen LogP contribution in [0.25, 0.3) is 0 Å². The Morgan fingerprint density at radius 3 is 2.33 bits per heavy atom. The fourth-order valence-corrected chi connectivity index (χ4v) is 0.141. The van der Waals surface area contributed by atoms with Crippen LogP contribution in [0, 0.1) is 0 Å². The maximum atomic E-state index is 10.1. The van der Waals surface area contributed by atoms with Gasteiger partial charge in [0.1, 0.15) is 0 Å². The summed E-state index contributed by atoms with van der Waals surface area (Å²) in [4.78, 5) is 26.8. The van der Waals surface area contributed by atoms with Gasteiger partial charge in [-0.1, -0.05) is 6.92 Å². The molecule has 1 N–H and O–H groups in total. The minimum absolute atomic E-state index is 0.0906. The van der Waals surface area contributed by atoms with E-state index in [-0.39, 0.29) is 6.42 Å². The van der Waals surface area contributed by atoms with Crippen molar-refractivity contribution in [3.8, 4) is 0 Å². The molecule has 0 aliphatic rings. The first-order valence-corrected chi connectivity index (χ1v) is 2.27. The van der Waals surface area contributed by atoms with Gasteiger partial charge in [-0.15, -0.1) is 0 Å². The van der Waals surface area contributed by atoms with Gasteiger partial charge < -0.3 is 5.11 Å². The molecule has 0 aliphatic heterocycles. The van der Waals surface area contributed by atoms with Crippen LogP contribution in [0.1, 0.15) is 13.3 Å². The second kappa shape index (κ2) is 3.71. The van der Waals surface area contributed by atoms with E-state index in [2.05, 4.69) is 9.78 Å². The summed E-state index contributed by atoms with van der Waals surface area (Å²) in [5.41, 5.74) is 0. The largest absolute Gasteiger partial charge is 0.547 e. The molecule has 0 bridgehead atoms. The SMILES string of the molecule is CCC(=O)OOC(=O)O. The first kappa shape index (κ1) is 7.74. The molecule has 0 aromatic carbocycles. The van der Waals surface area contributed by atoms with Crippen LogP contribution in [0.15, 0.2) is 0 Å². The molecule has 0 heterocycles. The van der Waals surface area contributed by atoms with E-state index in [0.29, 0.717) is 0 Å². The molecule has 0 fully saturated rings. The van der Waals surface area contributed by atoms with E-state index in [1.165, 1.54) is 6.92 Å². The third-order valence-corrected chi connectivity index (χ3v) is 0.495. The molecule has 5 heteroatoms. The molecule has 0 saturated carbocycles. The van der Waals surface area contributed by atoms with Gasteiger partial charge in [-0.3, -0.25) is 0 Å². The van der Waals surface area contributed by atoms with Crippen LogP contribution in [0.5, 0.6) is 0 Å². The number of carbonyl (C=O) groups excluding carboxylic acids is 1. The van der Waals surface area contributed by atoms with Crippen LogP contribution in [0.2, 0.25) is 0 Å². The summed E-state index contributed by atoms with van der Waals surface area (Å²) in [5.74, 6) is -0.711. The van der Waals surface area contributed by atoms with Crippen molar-refractivity contribution in [2.24, 2.45) is 0 Å². The van der Waals surface area contributed by atoms with E-state index in [4.69, 9.17) is 5.11 Å². The zero-order chi connectivity index (χ0) is 7.28. The Labute approximate surface area is 51.1 Å². The van der Waals surface area contributed by atoms with Crippen molar-refractivity contribution in [3.63, 3.8) is 0 Å². The first-order chi connectivity index (χ1) is 4.16. The van der Waals surface area contributed by atoms with Crippen LogP contribution in [-0.2, 0) is 14.6 Å². The van der Waals surface area contributed by atoms with Crippen molar-refractivity contribution in [2.75, 3.05) is 0 Å². The van der Waals surface area contributed by atoms with Crippen LogP contribution >= 0.6 is 0 Å². The quantitative estimate of drug-likeness (QED) is 0.418. The van der Waals surface area contributed by atoms with E-state index >= 15 is 0 Å². The summed E-state index contributed by atoms with van der Waals surface area (Å²) >= 11 is 0. The fourth-order valence-electron chi connectivity index (χ4n) is 0.141. The number of carboxylic acid groups (broad SMARTS) is 1. The van der Waals surface area contributed by atoms with Gasteiger partial charge in [0.05, 0.1) is 0 Å². The highest BCUT2D eigenvalue weighted by atomic mass is 17.2. The monoisotopic (exact) mass is 134 g/mol. The van der Waals surface area contributed by atoms with Crippen molar-refractivity contribution >= 4 is 12.1 Å². The maximum absolute atomic E-state index is 10.1. The minimum Gasteiger partial charge on any atom is -0.447 e. The minimum atomic E-state index is -1.63. The van der Waals surface area contributed by atoms with E-state index < -0.39 is 12.1 Å². The molecular weight excluding hydrogens is 128 g/mol. The Morgan fingerprint density at radius 2 is 2.00 bits per heavy atom. The predicted molar refractivity (Wildman–Crippen MR) is 25.5 cm³/mol. The molecule has 5 nitrogen and oxygen atoms in total. The zero-order valence-corrected chi connectivity index (χ0v) is 4.79. The Morgan fingerprint density at radius 1 is 1.44 bits per heavy atom. The molecule has 0 unspecified atom stereocenters. The number of hydrogen-bond acceptors (Lipinski definition) is 4. The molecule has 0 rings (SSSR count). The lowest BCUT2D eigenvalue weighted by atomic mass is 10.5. The average Bonchev–Trinajstić information content (AvgIpc) is 1.83. The van der Waals surface area contributed by atoms with E-state index in [9.17, 15) is 9.59 Å². The van der Waals surface area contributed by atoms with Gasteiger partial charge in [-0.05, 0) is 0 Å². The molecule has 0 radical (unpaired) electrons. The van der Waals surface area contributed by atoms with Crippen LogP contribution in [0.4, 0.5) is 4.79 Å². The van der Waals surface area contributed by atoms with Gasteiger partial charge in [-0.25, -0.2) is 19.4 Å². The standard InChI is InChI=1S/C4H6O5/c1-2-3(5)8-9-4(6)7/h2H2,1H3,(H,6,7). The molecule has 0 aromatic heterocycles. The molecule has 0 aliphatic carbocycles. The van der Waals surface area contributed by atoms with E-state index in [1.807, 2.05) is 0 Å². The summed E-state index contributed by atoms with van der Waals surface area (Å²) in [6.07, 6.45) is -1.54. The lowest BCUT2D eigenvalue weighted by Gasteiger charge is -1.94. The third kappa shape index (κ3) is 4.60. The molecule has 52 valence electrons. The van der Waals surface area contributed by atoms with Gasteiger partial charge in [0, 0.05) is 6.42 Å². The first-order valence-electron chi connectivity index (χ1n) is 2.27. The van der Waals surface area contributed by atoms with Gasteiger partial charge in [0.25, 0.3) is 0 Å². The highest BCUT2D eigenvalue weighted by molar-refractivity contribution is 5.69. The highest BCUT2D eigenvalue weighted by Crippen LogP contribution is 1.85. The number of hydrogen-bond donors (Lipinski definition) is 1. The summed E-state index contributed by atoms with van der Waals surface area (Å²) < 4.78 is 0. The van der Waals surface area contributed by atoms with Crippen LogP contribution < -0.4 is 0 Å². The number of rotatable bonds is 1. The van der Waals surface area contributed by atoms with E-state index in [0.717, 1.165) is 0 Å². The van der Waals surface area contributed by atoms with Crippen molar-refractivity contribution in [1.82, 2.24) is 0 Å². The topological polar surface area (TPSA) is 72.8 Å². The zero-order valence-electron chi connectivity index (χ0n) is 4.79. The Balaban J connectivity index is 3.28. The maximum Gasteiger partial charge on any atom is 0.547 e. The average molecular weight is 134 g/mol. The highest BCUT2D eigenvalue weighted by Gasteiger charge is 2.02. The third-order valence-electron chi connectivity index (χ3n) is 0.495.